The highest BCUT2D eigenvalue weighted by atomic mass is 35.5. The number of nitrogens with zero attached hydrogens (tertiary/aromatic N) is 1. The quantitative estimate of drug-likeness (QED) is 0.878. The minimum absolute atomic E-state index is 0.170. The standard InChI is InChI=1S/C12H12ClN3O/c1-8(11-14-5-6-15-11)16-12(17)9-3-2-4-10(13)7-9/h2-8H,1H3,(H,14,15)(H,16,17). The van der Waals surface area contributed by atoms with Gasteiger partial charge in [0.1, 0.15) is 5.82 Å². The molecule has 2 N–H and O–H groups in total. The second-order valence-corrected chi connectivity index (χ2v) is 4.12. The van der Waals surface area contributed by atoms with Gasteiger partial charge in [0.15, 0.2) is 0 Å². The van der Waals surface area contributed by atoms with Crippen LogP contribution in [0.3, 0.4) is 0 Å². The Hall–Kier alpha value is -1.81. The number of aromatic nitrogens is 2. The number of hydrogen-bond acceptors (Lipinski definition) is 2. The summed E-state index contributed by atoms with van der Waals surface area (Å²) in [6, 6.07) is 6.65. The van der Waals surface area contributed by atoms with Crippen LogP contribution in [0, 0.1) is 0 Å². The molecule has 1 aromatic heterocycles. The predicted octanol–water partition coefficient (Wildman–Crippen LogP) is 2.55. The van der Waals surface area contributed by atoms with Gasteiger partial charge in [-0.1, -0.05) is 17.7 Å². The van der Waals surface area contributed by atoms with E-state index in [1.807, 2.05) is 6.92 Å². The summed E-state index contributed by atoms with van der Waals surface area (Å²) in [5.41, 5.74) is 0.538. The van der Waals surface area contributed by atoms with Gasteiger partial charge in [-0.2, -0.15) is 0 Å². The summed E-state index contributed by atoms with van der Waals surface area (Å²) < 4.78 is 0. The maximum atomic E-state index is 11.9. The fourth-order valence-electron chi connectivity index (χ4n) is 1.49. The summed E-state index contributed by atoms with van der Waals surface area (Å²) in [6.45, 7) is 1.86. The van der Waals surface area contributed by atoms with E-state index in [0.29, 0.717) is 10.6 Å². The molecule has 0 aliphatic rings. The molecule has 0 aliphatic heterocycles. The highest BCUT2D eigenvalue weighted by molar-refractivity contribution is 6.30. The molecule has 5 heteroatoms. The molecule has 1 unspecified atom stereocenters. The van der Waals surface area contributed by atoms with Gasteiger partial charge in [-0.15, -0.1) is 0 Å². The zero-order chi connectivity index (χ0) is 12.3. The van der Waals surface area contributed by atoms with E-state index in [2.05, 4.69) is 15.3 Å². The fourth-order valence-corrected chi connectivity index (χ4v) is 1.68. The molecule has 1 amide bonds. The number of carbonyl (C=O) groups excluding carboxylic acids is 1. The lowest BCUT2D eigenvalue weighted by Gasteiger charge is -2.11. The molecular formula is C12H12ClN3O. The van der Waals surface area contributed by atoms with Gasteiger partial charge in [0.25, 0.3) is 5.91 Å². The molecule has 0 saturated carbocycles. The van der Waals surface area contributed by atoms with E-state index < -0.39 is 0 Å². The van der Waals surface area contributed by atoms with Gasteiger partial charge >= 0.3 is 0 Å². The number of benzene rings is 1. The van der Waals surface area contributed by atoms with Crippen molar-refractivity contribution in [1.82, 2.24) is 15.3 Å². The van der Waals surface area contributed by atoms with E-state index in [1.165, 1.54) is 0 Å². The lowest BCUT2D eigenvalue weighted by atomic mass is 10.2. The number of amides is 1. The number of H-pyrrole nitrogens is 1. The maximum absolute atomic E-state index is 11.9. The number of halogens is 1. The fraction of sp³-hybridized carbons (Fsp3) is 0.167. The Kier molecular flexibility index (Phi) is 3.44. The van der Waals surface area contributed by atoms with Gasteiger partial charge < -0.3 is 10.3 Å². The van der Waals surface area contributed by atoms with Crippen molar-refractivity contribution < 1.29 is 4.79 Å². The van der Waals surface area contributed by atoms with Crippen molar-refractivity contribution in [1.29, 1.82) is 0 Å². The largest absolute Gasteiger partial charge is 0.347 e. The normalized spacial score (nSPS) is 12.1. The van der Waals surface area contributed by atoms with Gasteiger partial charge in [-0.3, -0.25) is 4.79 Å². The van der Waals surface area contributed by atoms with E-state index in [9.17, 15) is 4.79 Å². The second kappa shape index (κ2) is 5.01. The van der Waals surface area contributed by atoms with Crippen molar-refractivity contribution in [2.75, 3.05) is 0 Å². The van der Waals surface area contributed by atoms with Crippen LogP contribution in [0.5, 0.6) is 0 Å². The Morgan fingerprint density at radius 2 is 2.35 bits per heavy atom. The van der Waals surface area contributed by atoms with Crippen LogP contribution in [-0.4, -0.2) is 15.9 Å². The molecule has 0 saturated heterocycles. The summed E-state index contributed by atoms with van der Waals surface area (Å²) in [5, 5.41) is 3.38. The average molecular weight is 250 g/mol. The highest BCUT2D eigenvalue weighted by Gasteiger charge is 2.12. The molecule has 0 fully saturated rings. The maximum Gasteiger partial charge on any atom is 0.251 e. The molecule has 0 radical (unpaired) electrons. The molecule has 1 heterocycles. The Morgan fingerprint density at radius 3 is 3.00 bits per heavy atom. The third-order valence-corrected chi connectivity index (χ3v) is 2.60. The number of imidazole rings is 1. The number of nitrogens with one attached hydrogen (secondary N) is 2. The van der Waals surface area contributed by atoms with Crippen molar-refractivity contribution in [3.63, 3.8) is 0 Å². The average Bonchev–Trinajstić information content (AvgIpc) is 2.82. The van der Waals surface area contributed by atoms with Crippen molar-refractivity contribution >= 4 is 17.5 Å². The molecular weight excluding hydrogens is 238 g/mol. The third-order valence-electron chi connectivity index (χ3n) is 2.36. The summed E-state index contributed by atoms with van der Waals surface area (Å²) >= 11 is 5.83. The molecule has 4 nitrogen and oxygen atoms in total. The first-order chi connectivity index (χ1) is 8.16. The zero-order valence-electron chi connectivity index (χ0n) is 9.27. The summed E-state index contributed by atoms with van der Waals surface area (Å²) in [4.78, 5) is 18.9. The third kappa shape index (κ3) is 2.85. The van der Waals surface area contributed by atoms with Crippen LogP contribution < -0.4 is 5.32 Å². The first-order valence-electron chi connectivity index (χ1n) is 5.22. The lowest BCUT2D eigenvalue weighted by molar-refractivity contribution is 0.0938. The van der Waals surface area contributed by atoms with Crippen molar-refractivity contribution in [2.45, 2.75) is 13.0 Å². The number of carbonyl (C=O) groups is 1. The monoisotopic (exact) mass is 249 g/mol. The smallest absolute Gasteiger partial charge is 0.251 e. The minimum atomic E-state index is -0.170. The first-order valence-corrected chi connectivity index (χ1v) is 5.60. The van der Waals surface area contributed by atoms with Crippen LogP contribution in [0.15, 0.2) is 36.7 Å². The van der Waals surface area contributed by atoms with E-state index in [-0.39, 0.29) is 11.9 Å². The Labute approximate surface area is 104 Å². The number of hydrogen-bond donors (Lipinski definition) is 2. The van der Waals surface area contributed by atoms with Crippen molar-refractivity contribution in [3.8, 4) is 0 Å². The SMILES string of the molecule is CC(NC(=O)c1cccc(Cl)c1)c1ncc[nH]1. The van der Waals surface area contributed by atoms with Crippen LogP contribution in [-0.2, 0) is 0 Å². The van der Waals surface area contributed by atoms with Crippen molar-refractivity contribution in [2.24, 2.45) is 0 Å². The van der Waals surface area contributed by atoms with E-state index in [4.69, 9.17) is 11.6 Å². The molecule has 17 heavy (non-hydrogen) atoms. The lowest BCUT2D eigenvalue weighted by Crippen LogP contribution is -2.27. The van der Waals surface area contributed by atoms with Crippen LogP contribution in [0.1, 0.15) is 29.1 Å². The van der Waals surface area contributed by atoms with Gasteiger partial charge in [0, 0.05) is 23.0 Å². The zero-order valence-corrected chi connectivity index (χ0v) is 10.0. The van der Waals surface area contributed by atoms with E-state index in [0.717, 1.165) is 5.82 Å². The van der Waals surface area contributed by atoms with Crippen LogP contribution >= 0.6 is 11.6 Å². The highest BCUT2D eigenvalue weighted by Crippen LogP contribution is 2.12. The Morgan fingerprint density at radius 1 is 1.53 bits per heavy atom. The van der Waals surface area contributed by atoms with Crippen LogP contribution in [0.2, 0.25) is 5.02 Å². The van der Waals surface area contributed by atoms with Gasteiger partial charge in [-0.25, -0.2) is 4.98 Å². The first kappa shape index (κ1) is 11.7. The number of aromatic amines is 1. The summed E-state index contributed by atoms with van der Waals surface area (Å²) in [7, 11) is 0. The summed E-state index contributed by atoms with van der Waals surface area (Å²) in [5.74, 6) is 0.553. The molecule has 88 valence electrons. The molecule has 2 rings (SSSR count). The molecule has 1 aromatic carbocycles. The molecule has 0 bridgehead atoms. The minimum Gasteiger partial charge on any atom is -0.347 e. The number of rotatable bonds is 3. The van der Waals surface area contributed by atoms with E-state index in [1.54, 1.807) is 36.7 Å². The van der Waals surface area contributed by atoms with Gasteiger partial charge in [0.2, 0.25) is 0 Å². The van der Waals surface area contributed by atoms with Gasteiger partial charge in [0.05, 0.1) is 6.04 Å². The summed E-state index contributed by atoms with van der Waals surface area (Å²) in [6.07, 6.45) is 3.37. The Balaban J connectivity index is 2.07. The molecule has 2 aromatic rings. The van der Waals surface area contributed by atoms with Gasteiger partial charge in [-0.05, 0) is 25.1 Å². The molecule has 0 aliphatic carbocycles. The van der Waals surface area contributed by atoms with Crippen LogP contribution in [0.4, 0.5) is 0 Å². The van der Waals surface area contributed by atoms with E-state index >= 15 is 0 Å². The Bertz CT molecular complexity index is 510. The van der Waals surface area contributed by atoms with Crippen LogP contribution in [0.25, 0.3) is 0 Å². The predicted molar refractivity (Wildman–Crippen MR) is 65.9 cm³/mol. The van der Waals surface area contributed by atoms with Crippen molar-refractivity contribution in [3.05, 3.63) is 53.1 Å². The topological polar surface area (TPSA) is 57.8 Å². The molecule has 0 spiro atoms. The molecule has 1 atom stereocenters. The second-order valence-electron chi connectivity index (χ2n) is 3.68.